The Hall–Kier alpha value is -2.32. The summed E-state index contributed by atoms with van der Waals surface area (Å²) >= 11 is 0. The molecule has 0 saturated carbocycles. The zero-order valence-electron chi connectivity index (χ0n) is 16.3. The number of rotatable bonds is 3. The van der Waals surface area contributed by atoms with Crippen molar-refractivity contribution < 1.29 is 29.9 Å². The molecule has 3 aromatic carbocycles. The molecule has 5 rings (SSSR count). The van der Waals surface area contributed by atoms with E-state index in [1.54, 1.807) is 0 Å². The third kappa shape index (κ3) is 3.04. The second-order valence-electron chi connectivity index (χ2n) is 8.07. The van der Waals surface area contributed by atoms with E-state index in [1.165, 1.54) is 10.8 Å². The first-order chi connectivity index (χ1) is 14.5. The summed E-state index contributed by atoms with van der Waals surface area (Å²) in [5.74, 6) is -1.61. The zero-order valence-corrected chi connectivity index (χ0v) is 16.3. The van der Waals surface area contributed by atoms with Crippen LogP contribution in [0.15, 0.2) is 60.7 Å². The summed E-state index contributed by atoms with van der Waals surface area (Å²) in [6, 6.07) is 20.4. The molecule has 3 aromatic rings. The molecule has 0 bridgehead atoms. The molecule has 2 aliphatic heterocycles. The smallest absolute Gasteiger partial charge is 0.225 e. The molecule has 6 heteroatoms. The van der Waals surface area contributed by atoms with Gasteiger partial charge in [0, 0.05) is 5.56 Å². The first-order valence-electron chi connectivity index (χ1n) is 10.1. The fourth-order valence-corrected chi connectivity index (χ4v) is 4.51. The monoisotopic (exact) mass is 408 g/mol. The Balaban J connectivity index is 1.49. The maximum Gasteiger partial charge on any atom is 0.225 e. The quantitative estimate of drug-likeness (QED) is 0.525. The van der Waals surface area contributed by atoms with Gasteiger partial charge >= 0.3 is 0 Å². The lowest BCUT2D eigenvalue weighted by Gasteiger charge is -2.46. The number of hydrogen-bond donors (Lipinski definition) is 4. The van der Waals surface area contributed by atoms with Gasteiger partial charge in [0.2, 0.25) is 5.79 Å². The summed E-state index contributed by atoms with van der Waals surface area (Å²) in [6.45, 7) is -0.286. The van der Waals surface area contributed by atoms with Gasteiger partial charge in [-0.25, -0.2) is 0 Å². The average Bonchev–Trinajstić information content (AvgIpc) is 3.13. The molecule has 0 unspecified atom stereocenters. The van der Waals surface area contributed by atoms with Crippen LogP contribution in [-0.2, 0) is 28.3 Å². The standard InChI is InChI=1S/C24H24O6/c25-12-20-21(26)22(27)23(28)24(30-20)19-11-15(6-8-18(19)13-29-24)9-14-5-7-16-3-1-2-4-17(16)10-14/h1-8,10-11,20-23,25-28H,9,12-13H2/t20-,21-,22+,23-,24+/m1/s1. The van der Waals surface area contributed by atoms with Gasteiger partial charge in [0.25, 0.3) is 0 Å². The van der Waals surface area contributed by atoms with E-state index in [1.807, 2.05) is 30.3 Å². The van der Waals surface area contributed by atoms with Crippen molar-refractivity contribution >= 4 is 10.8 Å². The SMILES string of the molecule is OC[C@H]1O[C@]2(OCc3ccc(Cc4ccc5ccccc5c4)cc32)[C@H](O)[C@@H](O)[C@@H]1O. The molecule has 0 aromatic heterocycles. The van der Waals surface area contributed by atoms with E-state index in [2.05, 4.69) is 30.3 Å². The molecule has 2 aliphatic rings. The molecule has 156 valence electrons. The highest BCUT2D eigenvalue weighted by Gasteiger charge is 2.58. The van der Waals surface area contributed by atoms with Crippen molar-refractivity contribution in [3.63, 3.8) is 0 Å². The Bertz CT molecular complexity index is 1080. The van der Waals surface area contributed by atoms with Gasteiger partial charge < -0.3 is 29.9 Å². The topological polar surface area (TPSA) is 99.4 Å². The highest BCUT2D eigenvalue weighted by molar-refractivity contribution is 5.83. The molecule has 6 nitrogen and oxygen atoms in total. The molecule has 0 amide bonds. The Morgan fingerprint density at radius 1 is 0.867 bits per heavy atom. The lowest BCUT2D eigenvalue weighted by Crippen LogP contribution is -2.63. The predicted octanol–water partition coefficient (Wildman–Crippen LogP) is 1.59. The van der Waals surface area contributed by atoms with Crippen LogP contribution in [0.1, 0.15) is 22.3 Å². The summed E-state index contributed by atoms with van der Waals surface area (Å²) in [5.41, 5.74) is 3.62. The van der Waals surface area contributed by atoms with Crippen LogP contribution in [0.3, 0.4) is 0 Å². The number of fused-ring (bicyclic) bond motifs is 3. The van der Waals surface area contributed by atoms with Gasteiger partial charge in [-0.1, -0.05) is 54.6 Å². The fourth-order valence-electron chi connectivity index (χ4n) is 4.51. The summed E-state index contributed by atoms with van der Waals surface area (Å²) < 4.78 is 11.7. The minimum atomic E-state index is -1.61. The number of ether oxygens (including phenoxy) is 2. The predicted molar refractivity (Wildman–Crippen MR) is 110 cm³/mol. The normalized spacial score (nSPS) is 30.7. The van der Waals surface area contributed by atoms with Crippen molar-refractivity contribution in [2.24, 2.45) is 0 Å². The first-order valence-corrected chi connectivity index (χ1v) is 10.1. The zero-order chi connectivity index (χ0) is 20.9. The van der Waals surface area contributed by atoms with Crippen molar-refractivity contribution in [1.29, 1.82) is 0 Å². The van der Waals surface area contributed by atoms with Crippen LogP contribution >= 0.6 is 0 Å². The van der Waals surface area contributed by atoms with E-state index in [0.29, 0.717) is 12.0 Å². The van der Waals surface area contributed by atoms with Crippen molar-refractivity contribution in [1.82, 2.24) is 0 Å². The van der Waals surface area contributed by atoms with Crippen molar-refractivity contribution in [3.8, 4) is 0 Å². The number of aliphatic hydroxyl groups excluding tert-OH is 4. The molecular formula is C24H24O6. The third-order valence-electron chi connectivity index (χ3n) is 6.16. The van der Waals surface area contributed by atoms with E-state index in [4.69, 9.17) is 9.47 Å². The third-order valence-corrected chi connectivity index (χ3v) is 6.16. The molecule has 30 heavy (non-hydrogen) atoms. The number of aliphatic hydroxyl groups is 4. The van der Waals surface area contributed by atoms with E-state index in [9.17, 15) is 20.4 Å². The number of hydrogen-bond acceptors (Lipinski definition) is 6. The van der Waals surface area contributed by atoms with E-state index >= 15 is 0 Å². The molecule has 1 saturated heterocycles. The minimum absolute atomic E-state index is 0.212. The molecule has 1 fully saturated rings. The highest BCUT2D eigenvalue weighted by atomic mass is 16.7. The Labute approximate surface area is 173 Å². The lowest BCUT2D eigenvalue weighted by molar-refractivity contribution is -0.368. The van der Waals surface area contributed by atoms with E-state index in [0.717, 1.165) is 16.7 Å². The molecule has 2 heterocycles. The molecule has 1 spiro atoms. The van der Waals surface area contributed by atoms with Crippen LogP contribution in [0.5, 0.6) is 0 Å². The molecule has 0 aliphatic carbocycles. The van der Waals surface area contributed by atoms with Crippen LogP contribution in [-0.4, -0.2) is 51.4 Å². The van der Waals surface area contributed by atoms with Gasteiger partial charge in [0.1, 0.15) is 24.4 Å². The first kappa shape index (κ1) is 19.6. The second kappa shape index (κ2) is 7.42. The van der Waals surface area contributed by atoms with Gasteiger partial charge in [0.15, 0.2) is 0 Å². The van der Waals surface area contributed by atoms with Crippen LogP contribution in [0.4, 0.5) is 0 Å². The highest BCUT2D eigenvalue weighted by Crippen LogP contribution is 2.46. The van der Waals surface area contributed by atoms with Crippen LogP contribution in [0, 0.1) is 0 Å². The average molecular weight is 408 g/mol. The summed E-state index contributed by atoms with van der Waals surface area (Å²) in [5, 5.41) is 43.0. The summed E-state index contributed by atoms with van der Waals surface area (Å²) in [6.07, 6.45) is -4.75. The Kier molecular flexibility index (Phi) is 4.86. The lowest BCUT2D eigenvalue weighted by atomic mass is 9.86. The maximum atomic E-state index is 10.7. The second-order valence-corrected chi connectivity index (χ2v) is 8.07. The fraction of sp³-hybridized carbons (Fsp3) is 0.333. The maximum absolute atomic E-state index is 10.7. The van der Waals surface area contributed by atoms with Crippen molar-refractivity contribution in [2.45, 2.75) is 43.2 Å². The Morgan fingerprint density at radius 2 is 1.60 bits per heavy atom. The van der Waals surface area contributed by atoms with Crippen LogP contribution in [0.25, 0.3) is 10.8 Å². The van der Waals surface area contributed by atoms with Crippen LogP contribution in [0.2, 0.25) is 0 Å². The van der Waals surface area contributed by atoms with Crippen LogP contribution < -0.4 is 0 Å². The summed E-state index contributed by atoms with van der Waals surface area (Å²) in [4.78, 5) is 0. The van der Waals surface area contributed by atoms with E-state index in [-0.39, 0.29) is 6.61 Å². The molecule has 5 atom stereocenters. The van der Waals surface area contributed by atoms with Crippen molar-refractivity contribution in [3.05, 3.63) is 82.9 Å². The Morgan fingerprint density at radius 3 is 2.40 bits per heavy atom. The van der Waals surface area contributed by atoms with E-state index < -0.39 is 36.8 Å². The van der Waals surface area contributed by atoms with Gasteiger partial charge in [0.05, 0.1) is 13.2 Å². The minimum Gasteiger partial charge on any atom is -0.394 e. The van der Waals surface area contributed by atoms with Crippen molar-refractivity contribution in [2.75, 3.05) is 6.61 Å². The molecule has 0 radical (unpaired) electrons. The van der Waals surface area contributed by atoms with Gasteiger partial charge in [-0.15, -0.1) is 0 Å². The van der Waals surface area contributed by atoms with Gasteiger partial charge in [-0.3, -0.25) is 0 Å². The molecule has 4 N–H and O–H groups in total. The molecular weight excluding hydrogens is 384 g/mol. The van der Waals surface area contributed by atoms with Gasteiger partial charge in [-0.2, -0.15) is 0 Å². The van der Waals surface area contributed by atoms with Gasteiger partial charge in [-0.05, 0) is 39.9 Å². The largest absolute Gasteiger partial charge is 0.394 e. The summed E-state index contributed by atoms with van der Waals surface area (Å²) in [7, 11) is 0. The number of benzene rings is 3.